The molecule has 13 nitrogen and oxygen atoms in total. The first-order valence-electron chi connectivity index (χ1n) is 22.9. The van der Waals surface area contributed by atoms with Crippen LogP contribution < -0.4 is 14.4 Å². The molecule has 0 radical (unpaired) electrons. The van der Waals surface area contributed by atoms with E-state index in [1.807, 2.05) is 76.8 Å². The zero-order valence-electron chi connectivity index (χ0n) is 39.4. The second-order valence-electron chi connectivity index (χ2n) is 21.1. The van der Waals surface area contributed by atoms with E-state index in [0.29, 0.717) is 88.0 Å². The van der Waals surface area contributed by atoms with Gasteiger partial charge in [-0.25, -0.2) is 9.59 Å². The van der Waals surface area contributed by atoms with Crippen molar-refractivity contribution in [3.63, 3.8) is 0 Å². The van der Waals surface area contributed by atoms with Gasteiger partial charge in [0.1, 0.15) is 34.9 Å². The maximum Gasteiger partial charge on any atom is 0.410 e. The first-order valence-corrected chi connectivity index (χ1v) is 22.9. The van der Waals surface area contributed by atoms with Crippen LogP contribution in [-0.2, 0) is 9.47 Å². The molecule has 2 aromatic carbocycles. The quantitative estimate of drug-likeness (QED) is 0.256. The molecular formula is C49H73N5O8. The molecule has 1 atom stereocenters. The number of piperazine rings is 1. The molecule has 0 unspecified atom stereocenters. The Morgan fingerprint density at radius 2 is 1.16 bits per heavy atom. The number of ether oxygens (including phenoxy) is 4. The maximum absolute atomic E-state index is 14.2. The molecule has 3 aliphatic heterocycles. The SMILES string of the molecule is CN(C)C(=O)c1ccc(N2CCN(C(=O)OC(C)(C)C)CC2)cc1OC1CCN(C(=O)c2ccc(O[C@H]3CCN(C(=O)OC(C)(C)C)C3)c(C3CCC(C(C)(C)C)CC3)c2)CC1. The summed E-state index contributed by atoms with van der Waals surface area (Å²) in [6.07, 6.45) is 5.34. The van der Waals surface area contributed by atoms with E-state index in [0.717, 1.165) is 49.1 Å². The van der Waals surface area contributed by atoms with Crippen LogP contribution in [-0.4, -0.2) is 133 Å². The van der Waals surface area contributed by atoms with Gasteiger partial charge in [-0.1, -0.05) is 20.8 Å². The molecule has 0 spiro atoms. The van der Waals surface area contributed by atoms with Crippen LogP contribution in [0.1, 0.15) is 139 Å². The number of carbonyl (C=O) groups excluding carboxylic acids is 4. The number of nitrogens with zero attached hydrogens (tertiary/aromatic N) is 5. The first kappa shape index (κ1) is 46.8. The van der Waals surface area contributed by atoms with Gasteiger partial charge in [-0.15, -0.1) is 0 Å². The van der Waals surface area contributed by atoms with Crippen molar-refractivity contribution in [2.24, 2.45) is 11.3 Å². The van der Waals surface area contributed by atoms with E-state index in [-0.39, 0.29) is 47.5 Å². The van der Waals surface area contributed by atoms with E-state index in [4.69, 9.17) is 18.9 Å². The highest BCUT2D eigenvalue weighted by Crippen LogP contribution is 2.46. The number of carbonyl (C=O) groups is 4. The second-order valence-corrected chi connectivity index (χ2v) is 21.1. The average Bonchev–Trinajstić information content (AvgIpc) is 3.68. The molecule has 6 rings (SSSR count). The predicted molar refractivity (Wildman–Crippen MR) is 241 cm³/mol. The van der Waals surface area contributed by atoms with Crippen LogP contribution in [0.3, 0.4) is 0 Å². The lowest BCUT2D eigenvalue weighted by atomic mass is 9.68. The first-order chi connectivity index (χ1) is 29.0. The zero-order chi connectivity index (χ0) is 45.1. The molecule has 0 bridgehead atoms. The molecule has 2 aromatic rings. The summed E-state index contributed by atoms with van der Waals surface area (Å²) in [6.45, 7) is 22.6. The highest BCUT2D eigenvalue weighted by molar-refractivity contribution is 5.97. The van der Waals surface area contributed by atoms with Gasteiger partial charge in [0.2, 0.25) is 0 Å². The number of amides is 4. The summed E-state index contributed by atoms with van der Waals surface area (Å²) in [7, 11) is 3.46. The average molecular weight is 860 g/mol. The third-order valence-electron chi connectivity index (χ3n) is 12.7. The number of hydrogen-bond donors (Lipinski definition) is 0. The molecule has 4 amide bonds. The third kappa shape index (κ3) is 12.1. The van der Waals surface area contributed by atoms with Crippen LogP contribution in [0.2, 0.25) is 0 Å². The smallest absolute Gasteiger partial charge is 0.410 e. The highest BCUT2D eigenvalue weighted by atomic mass is 16.6. The van der Waals surface area contributed by atoms with Crippen LogP contribution in [0.5, 0.6) is 11.5 Å². The standard InChI is InChI=1S/C49H73N5O8/c1-47(2,3)35-15-12-33(13-16-35)40-30-34(14-19-41(40)60-38-22-25-54(32-38)46(58)62-49(7,8)9)43(55)52-23-20-37(21-24-52)59-42-31-36(17-18-39(42)44(56)50(10)11)51-26-28-53(29-27-51)45(57)61-48(4,5)6/h14,17-19,30-31,33,35,37-38H,12-13,15-16,20-29,32H2,1-11H3/t33?,35?,38-/m0/s1. The van der Waals surface area contributed by atoms with Crippen molar-refractivity contribution in [2.45, 2.75) is 137 Å². The summed E-state index contributed by atoms with van der Waals surface area (Å²) in [4.78, 5) is 62.2. The number of anilines is 1. The topological polar surface area (TPSA) is 121 Å². The molecule has 62 heavy (non-hydrogen) atoms. The Morgan fingerprint density at radius 3 is 1.74 bits per heavy atom. The fourth-order valence-electron chi connectivity index (χ4n) is 9.11. The minimum Gasteiger partial charge on any atom is -0.489 e. The molecule has 4 aliphatic rings. The molecule has 3 heterocycles. The Labute approximate surface area is 370 Å². The van der Waals surface area contributed by atoms with Crippen molar-refractivity contribution in [2.75, 3.05) is 71.4 Å². The largest absolute Gasteiger partial charge is 0.489 e. The monoisotopic (exact) mass is 860 g/mol. The Hall–Kier alpha value is -4.68. The summed E-state index contributed by atoms with van der Waals surface area (Å²) >= 11 is 0. The van der Waals surface area contributed by atoms with E-state index in [9.17, 15) is 19.2 Å². The molecule has 1 aliphatic carbocycles. The summed E-state index contributed by atoms with van der Waals surface area (Å²) in [5.41, 5.74) is 2.29. The molecule has 0 N–H and O–H groups in total. The number of rotatable bonds is 8. The summed E-state index contributed by atoms with van der Waals surface area (Å²) in [5, 5.41) is 0. The van der Waals surface area contributed by atoms with Crippen LogP contribution in [0, 0.1) is 11.3 Å². The second kappa shape index (κ2) is 19.0. The van der Waals surface area contributed by atoms with Gasteiger partial charge in [-0.3, -0.25) is 9.59 Å². The third-order valence-corrected chi connectivity index (χ3v) is 12.7. The summed E-state index contributed by atoms with van der Waals surface area (Å²) in [5.74, 6) is 2.11. The Balaban J connectivity index is 1.12. The molecule has 0 aromatic heterocycles. The van der Waals surface area contributed by atoms with Crippen molar-refractivity contribution >= 4 is 29.7 Å². The lowest BCUT2D eigenvalue weighted by Gasteiger charge is -2.38. The normalized spacial score (nSPS) is 21.7. The number of hydrogen-bond acceptors (Lipinski definition) is 9. The van der Waals surface area contributed by atoms with Crippen LogP contribution in [0.4, 0.5) is 15.3 Å². The fraction of sp³-hybridized carbons (Fsp3) is 0.673. The van der Waals surface area contributed by atoms with Gasteiger partial charge in [0.05, 0.1) is 12.1 Å². The molecule has 342 valence electrons. The van der Waals surface area contributed by atoms with E-state index in [1.54, 1.807) is 28.8 Å². The van der Waals surface area contributed by atoms with Crippen molar-refractivity contribution in [3.8, 4) is 11.5 Å². The van der Waals surface area contributed by atoms with Gasteiger partial charge >= 0.3 is 12.2 Å². The molecule has 4 fully saturated rings. The highest BCUT2D eigenvalue weighted by Gasteiger charge is 2.35. The van der Waals surface area contributed by atoms with Crippen LogP contribution in [0.15, 0.2) is 36.4 Å². The van der Waals surface area contributed by atoms with Gasteiger partial charge in [0.25, 0.3) is 11.8 Å². The van der Waals surface area contributed by atoms with Crippen molar-refractivity contribution in [3.05, 3.63) is 53.1 Å². The van der Waals surface area contributed by atoms with Crippen molar-refractivity contribution < 1.29 is 38.1 Å². The van der Waals surface area contributed by atoms with Crippen LogP contribution >= 0.6 is 0 Å². The van der Waals surface area contributed by atoms with E-state index < -0.39 is 11.2 Å². The minimum absolute atomic E-state index is 0.00686. The van der Waals surface area contributed by atoms with Gasteiger partial charge < -0.3 is 43.4 Å². The molecule has 3 saturated heterocycles. The van der Waals surface area contributed by atoms with Crippen LogP contribution in [0.25, 0.3) is 0 Å². The Bertz CT molecular complexity index is 1910. The van der Waals surface area contributed by atoms with Crippen molar-refractivity contribution in [1.82, 2.24) is 19.6 Å². The van der Waals surface area contributed by atoms with Gasteiger partial charge in [0.15, 0.2) is 0 Å². The summed E-state index contributed by atoms with van der Waals surface area (Å²) < 4.78 is 24.6. The van der Waals surface area contributed by atoms with Crippen molar-refractivity contribution in [1.29, 1.82) is 0 Å². The Morgan fingerprint density at radius 1 is 0.597 bits per heavy atom. The van der Waals surface area contributed by atoms with E-state index in [2.05, 4.69) is 31.7 Å². The number of piperidine rings is 1. The molecular weight excluding hydrogens is 787 g/mol. The Kier molecular flexibility index (Phi) is 14.3. The zero-order valence-corrected chi connectivity index (χ0v) is 39.4. The minimum atomic E-state index is -0.564. The molecule has 1 saturated carbocycles. The van der Waals surface area contributed by atoms with Gasteiger partial charge in [-0.2, -0.15) is 0 Å². The van der Waals surface area contributed by atoms with Gasteiger partial charge in [0, 0.05) is 96.5 Å². The number of likely N-dealkylation sites (tertiary alicyclic amines) is 2. The lowest BCUT2D eigenvalue weighted by Crippen LogP contribution is -2.50. The predicted octanol–water partition coefficient (Wildman–Crippen LogP) is 8.84. The number of benzene rings is 2. The van der Waals surface area contributed by atoms with Gasteiger partial charge in [-0.05, 0) is 120 Å². The maximum atomic E-state index is 14.2. The van der Waals surface area contributed by atoms with E-state index in [1.165, 1.54) is 0 Å². The fourth-order valence-corrected chi connectivity index (χ4v) is 9.11. The lowest BCUT2D eigenvalue weighted by molar-refractivity contribution is 0.0237. The van der Waals surface area contributed by atoms with E-state index >= 15 is 0 Å². The summed E-state index contributed by atoms with van der Waals surface area (Å²) in [6, 6.07) is 11.7. The molecule has 13 heteroatoms.